The van der Waals surface area contributed by atoms with Crippen LogP contribution in [0.25, 0.3) is 12.2 Å². The Kier molecular flexibility index (Phi) is 7.14. The van der Waals surface area contributed by atoms with Gasteiger partial charge in [-0.2, -0.15) is 0 Å². The van der Waals surface area contributed by atoms with E-state index in [-0.39, 0.29) is 17.2 Å². The minimum atomic E-state index is -1.12. The molecule has 2 aromatic rings. The van der Waals surface area contributed by atoms with Gasteiger partial charge >= 0.3 is 17.9 Å². The van der Waals surface area contributed by atoms with E-state index in [2.05, 4.69) is 0 Å². The predicted molar refractivity (Wildman–Crippen MR) is 104 cm³/mol. The second-order valence-corrected chi connectivity index (χ2v) is 5.66. The van der Waals surface area contributed by atoms with Crippen molar-refractivity contribution < 1.29 is 38.8 Å². The summed E-state index contributed by atoms with van der Waals surface area (Å²) in [4.78, 5) is 32.8. The first-order chi connectivity index (χ1) is 13.8. The van der Waals surface area contributed by atoms with E-state index in [1.165, 1.54) is 38.3 Å². The van der Waals surface area contributed by atoms with Gasteiger partial charge in [0.15, 0.2) is 11.5 Å². The molecule has 8 heteroatoms. The molecule has 0 spiro atoms. The van der Waals surface area contributed by atoms with Crippen LogP contribution in [0.1, 0.15) is 18.1 Å². The number of ether oxygens (including phenoxy) is 3. The topological polar surface area (TPSA) is 119 Å². The highest BCUT2D eigenvalue weighted by Gasteiger charge is 2.17. The zero-order chi connectivity index (χ0) is 21.4. The first-order valence-electron chi connectivity index (χ1n) is 8.29. The molecule has 2 N–H and O–H groups in total. The van der Waals surface area contributed by atoms with Gasteiger partial charge in [0.2, 0.25) is 5.75 Å². The second-order valence-electron chi connectivity index (χ2n) is 5.66. The molecule has 0 amide bonds. The summed E-state index contributed by atoms with van der Waals surface area (Å²) < 4.78 is 16.2. The second kappa shape index (κ2) is 9.75. The van der Waals surface area contributed by atoms with Crippen molar-refractivity contribution in [2.24, 2.45) is 0 Å². The smallest absolute Gasteiger partial charge is 0.328 e. The number of carboxylic acid groups (broad SMARTS) is 2. The maximum Gasteiger partial charge on any atom is 0.328 e. The summed E-state index contributed by atoms with van der Waals surface area (Å²) >= 11 is 0. The molecule has 0 unspecified atom stereocenters. The van der Waals surface area contributed by atoms with Crippen molar-refractivity contribution in [2.75, 3.05) is 7.11 Å². The summed E-state index contributed by atoms with van der Waals surface area (Å²) in [7, 11) is 1.38. The Hall–Kier alpha value is -4.07. The molecule has 0 aromatic heterocycles. The first kappa shape index (κ1) is 21.2. The van der Waals surface area contributed by atoms with Crippen molar-refractivity contribution in [2.45, 2.75) is 6.92 Å². The molecule has 8 nitrogen and oxygen atoms in total. The molecule has 0 bridgehead atoms. The van der Waals surface area contributed by atoms with Crippen molar-refractivity contribution >= 4 is 30.1 Å². The largest absolute Gasteiger partial charge is 0.493 e. The van der Waals surface area contributed by atoms with E-state index >= 15 is 0 Å². The highest BCUT2D eigenvalue weighted by Crippen LogP contribution is 2.41. The molecule has 0 atom stereocenters. The maximum absolute atomic E-state index is 11.5. The molecular weight excluding hydrogens is 380 g/mol. The van der Waals surface area contributed by atoms with Crippen LogP contribution in [0, 0.1) is 0 Å². The average Bonchev–Trinajstić information content (AvgIpc) is 2.66. The van der Waals surface area contributed by atoms with E-state index < -0.39 is 17.9 Å². The SMILES string of the molecule is COc1cc(/C=C/C(=O)O)cc(Oc2ccc(/C=C/C(=O)O)cc2)c1OC(C)=O. The van der Waals surface area contributed by atoms with Gasteiger partial charge in [-0.1, -0.05) is 12.1 Å². The number of methoxy groups -OCH3 is 1. The average molecular weight is 398 g/mol. The summed E-state index contributed by atoms with van der Waals surface area (Å²) in [6.07, 6.45) is 4.73. The van der Waals surface area contributed by atoms with Crippen molar-refractivity contribution in [3.63, 3.8) is 0 Å². The number of carbonyl (C=O) groups excluding carboxylic acids is 1. The van der Waals surface area contributed by atoms with Crippen LogP contribution < -0.4 is 14.2 Å². The predicted octanol–water partition coefficient (Wildman–Crippen LogP) is 3.61. The van der Waals surface area contributed by atoms with Gasteiger partial charge in [-0.15, -0.1) is 0 Å². The lowest BCUT2D eigenvalue weighted by Gasteiger charge is -2.15. The maximum atomic E-state index is 11.5. The van der Waals surface area contributed by atoms with E-state index in [4.69, 9.17) is 24.4 Å². The zero-order valence-electron chi connectivity index (χ0n) is 15.6. The third-order valence-electron chi connectivity index (χ3n) is 3.45. The van der Waals surface area contributed by atoms with Gasteiger partial charge in [0.1, 0.15) is 5.75 Å². The van der Waals surface area contributed by atoms with Gasteiger partial charge in [-0.3, -0.25) is 4.79 Å². The van der Waals surface area contributed by atoms with E-state index in [0.29, 0.717) is 16.9 Å². The van der Waals surface area contributed by atoms with Gasteiger partial charge in [-0.05, 0) is 47.5 Å². The number of benzene rings is 2. The number of hydrogen-bond donors (Lipinski definition) is 2. The van der Waals surface area contributed by atoms with E-state index in [0.717, 1.165) is 12.2 Å². The third kappa shape index (κ3) is 6.55. The molecular formula is C21H18O8. The fourth-order valence-electron chi connectivity index (χ4n) is 2.27. The van der Waals surface area contributed by atoms with Crippen LogP contribution in [0.4, 0.5) is 0 Å². The molecule has 0 saturated carbocycles. The molecule has 2 rings (SSSR count). The van der Waals surface area contributed by atoms with E-state index in [1.54, 1.807) is 24.3 Å². The molecule has 150 valence electrons. The lowest BCUT2D eigenvalue weighted by molar-refractivity contribution is -0.132. The van der Waals surface area contributed by atoms with Crippen LogP contribution in [-0.2, 0) is 14.4 Å². The highest BCUT2D eigenvalue weighted by molar-refractivity contribution is 5.86. The Balaban J connectivity index is 2.42. The Labute approximate surface area is 166 Å². The highest BCUT2D eigenvalue weighted by atomic mass is 16.6. The lowest BCUT2D eigenvalue weighted by atomic mass is 10.1. The fourth-order valence-corrected chi connectivity index (χ4v) is 2.27. The zero-order valence-corrected chi connectivity index (χ0v) is 15.6. The minimum absolute atomic E-state index is 0.0438. The summed E-state index contributed by atoms with van der Waals surface area (Å²) in [5, 5.41) is 17.5. The first-order valence-corrected chi connectivity index (χ1v) is 8.29. The number of carbonyl (C=O) groups is 3. The van der Waals surface area contributed by atoms with Crippen LogP contribution in [0.5, 0.6) is 23.0 Å². The Bertz CT molecular complexity index is 971. The Morgan fingerprint density at radius 3 is 1.93 bits per heavy atom. The summed E-state index contributed by atoms with van der Waals surface area (Å²) in [5.41, 5.74) is 1.10. The van der Waals surface area contributed by atoms with Crippen LogP contribution in [0.2, 0.25) is 0 Å². The quantitative estimate of drug-likeness (QED) is 0.393. The van der Waals surface area contributed by atoms with Gasteiger partial charge in [-0.25, -0.2) is 9.59 Å². The van der Waals surface area contributed by atoms with Gasteiger partial charge in [0.05, 0.1) is 7.11 Å². The molecule has 0 saturated heterocycles. The van der Waals surface area contributed by atoms with Crippen LogP contribution in [0.3, 0.4) is 0 Å². The Morgan fingerprint density at radius 2 is 1.41 bits per heavy atom. The number of hydrogen-bond acceptors (Lipinski definition) is 6. The summed E-state index contributed by atoms with van der Waals surface area (Å²) in [5.74, 6) is -2.02. The van der Waals surface area contributed by atoms with E-state index in [9.17, 15) is 14.4 Å². The number of rotatable bonds is 8. The molecule has 29 heavy (non-hydrogen) atoms. The van der Waals surface area contributed by atoms with Crippen LogP contribution in [0.15, 0.2) is 48.6 Å². The molecule has 0 fully saturated rings. The van der Waals surface area contributed by atoms with Crippen LogP contribution in [-0.4, -0.2) is 35.2 Å². The number of carboxylic acids is 2. The van der Waals surface area contributed by atoms with Gasteiger partial charge < -0.3 is 24.4 Å². The van der Waals surface area contributed by atoms with Gasteiger partial charge in [0.25, 0.3) is 0 Å². The van der Waals surface area contributed by atoms with Gasteiger partial charge in [0, 0.05) is 19.1 Å². The van der Waals surface area contributed by atoms with Crippen molar-refractivity contribution in [3.8, 4) is 23.0 Å². The minimum Gasteiger partial charge on any atom is -0.493 e. The van der Waals surface area contributed by atoms with Crippen molar-refractivity contribution in [1.82, 2.24) is 0 Å². The summed E-state index contributed by atoms with van der Waals surface area (Å²) in [6.45, 7) is 1.23. The standard InChI is InChI=1S/C21H18O8/c1-13(22)28-21-17(27-2)11-15(6-10-20(25)26)12-18(21)29-16-7-3-14(4-8-16)5-9-19(23)24/h3-12H,1-2H3,(H,23,24)(H,25,26)/b9-5+,10-6+. The normalized spacial score (nSPS) is 10.8. The number of aliphatic carboxylic acids is 2. The molecule has 0 aliphatic rings. The molecule has 0 aliphatic heterocycles. The molecule has 0 radical (unpaired) electrons. The molecule has 0 heterocycles. The van der Waals surface area contributed by atoms with Crippen LogP contribution >= 0.6 is 0 Å². The Morgan fingerprint density at radius 1 is 0.862 bits per heavy atom. The number of esters is 1. The lowest BCUT2D eigenvalue weighted by Crippen LogP contribution is -2.05. The third-order valence-corrected chi connectivity index (χ3v) is 3.45. The fraction of sp³-hybridized carbons (Fsp3) is 0.0952. The monoisotopic (exact) mass is 398 g/mol. The molecule has 0 aliphatic carbocycles. The van der Waals surface area contributed by atoms with Crippen molar-refractivity contribution in [3.05, 3.63) is 59.7 Å². The summed E-state index contributed by atoms with van der Waals surface area (Å²) in [6, 6.07) is 9.50. The van der Waals surface area contributed by atoms with Crippen molar-refractivity contribution in [1.29, 1.82) is 0 Å². The van der Waals surface area contributed by atoms with E-state index in [1.807, 2.05) is 0 Å². The molecule has 2 aromatic carbocycles.